The molecule has 1 aliphatic heterocycles. The number of urea groups is 1. The molecule has 1 aromatic carbocycles. The Kier molecular flexibility index (Phi) is 7.82. The number of nitrogens with one attached hydrogen (secondary N) is 2. The number of nitrogens with zero attached hydrogens (tertiary/aromatic N) is 3. The van der Waals surface area contributed by atoms with Gasteiger partial charge >= 0.3 is 6.03 Å². The molecule has 12 heteroatoms. The lowest BCUT2D eigenvalue weighted by Crippen LogP contribution is -2.39. The number of anilines is 1. The van der Waals surface area contributed by atoms with Crippen molar-refractivity contribution in [3.63, 3.8) is 0 Å². The lowest BCUT2D eigenvalue weighted by atomic mass is 10.1. The van der Waals surface area contributed by atoms with Gasteiger partial charge in [-0.2, -0.15) is 8.42 Å². The molecule has 1 unspecified atom stereocenters. The standard InChI is InChI=1S/C21H27N5O6S/c1-2-3-4-5-9-16(20(28)26-12-11-22-21(26)29)25-13-18(23-14-25)24-19(27)15-8-6-7-10-17(15)33(30,31)32/h6-8,10,13-14,16H,2-5,9,11-12H2,1H3,(H,22,29)(H,24,27)(H,30,31,32). The third-order valence-electron chi connectivity index (χ3n) is 5.35. The summed E-state index contributed by atoms with van der Waals surface area (Å²) in [6, 6.07) is 4.13. The fourth-order valence-corrected chi connectivity index (χ4v) is 4.35. The van der Waals surface area contributed by atoms with E-state index in [1.807, 2.05) is 0 Å². The molecule has 1 saturated heterocycles. The zero-order chi connectivity index (χ0) is 24.0. The fourth-order valence-electron chi connectivity index (χ4n) is 3.66. The number of rotatable bonds is 10. The van der Waals surface area contributed by atoms with Crippen molar-refractivity contribution in [1.29, 1.82) is 0 Å². The number of hydrogen-bond donors (Lipinski definition) is 3. The van der Waals surface area contributed by atoms with Crippen LogP contribution in [0.3, 0.4) is 0 Å². The summed E-state index contributed by atoms with van der Waals surface area (Å²) in [5.74, 6) is -1.03. The van der Waals surface area contributed by atoms with Gasteiger partial charge < -0.3 is 15.2 Å². The van der Waals surface area contributed by atoms with Gasteiger partial charge in [0.2, 0.25) is 0 Å². The summed E-state index contributed by atoms with van der Waals surface area (Å²) in [7, 11) is -4.59. The minimum absolute atomic E-state index is 0.0994. The Morgan fingerprint density at radius 2 is 2.00 bits per heavy atom. The van der Waals surface area contributed by atoms with Gasteiger partial charge in [0.05, 0.1) is 11.9 Å². The number of unbranched alkanes of at least 4 members (excludes halogenated alkanes) is 3. The number of hydrogen-bond acceptors (Lipinski definition) is 6. The highest BCUT2D eigenvalue weighted by Gasteiger charge is 2.32. The number of benzene rings is 1. The summed E-state index contributed by atoms with van der Waals surface area (Å²) >= 11 is 0. The van der Waals surface area contributed by atoms with Crippen molar-refractivity contribution >= 4 is 33.8 Å². The molecule has 1 fully saturated rings. The van der Waals surface area contributed by atoms with Crippen LogP contribution in [0.4, 0.5) is 10.6 Å². The van der Waals surface area contributed by atoms with Crippen LogP contribution in [0.2, 0.25) is 0 Å². The molecule has 3 N–H and O–H groups in total. The molecule has 11 nitrogen and oxygen atoms in total. The second-order valence-corrected chi connectivity index (χ2v) is 9.11. The topological polar surface area (TPSA) is 151 Å². The fraction of sp³-hybridized carbons (Fsp3) is 0.429. The van der Waals surface area contributed by atoms with Crippen molar-refractivity contribution in [1.82, 2.24) is 19.8 Å². The molecule has 1 atom stereocenters. The quantitative estimate of drug-likeness (QED) is 0.351. The largest absolute Gasteiger partial charge is 0.336 e. The maximum absolute atomic E-state index is 13.1. The van der Waals surface area contributed by atoms with Gasteiger partial charge in [-0.05, 0) is 18.6 Å². The van der Waals surface area contributed by atoms with Gasteiger partial charge in [-0.1, -0.05) is 44.7 Å². The van der Waals surface area contributed by atoms with E-state index >= 15 is 0 Å². The normalized spacial score (nSPS) is 14.7. The monoisotopic (exact) mass is 477 g/mol. The van der Waals surface area contributed by atoms with Crippen LogP contribution in [0.25, 0.3) is 0 Å². The SMILES string of the molecule is CCCCCCC(C(=O)N1CCNC1=O)n1cnc(NC(=O)c2ccccc2S(=O)(=O)O)c1. The third kappa shape index (κ3) is 5.96. The minimum Gasteiger partial charge on any atom is -0.336 e. The Hall–Kier alpha value is -3.25. The number of amides is 4. The van der Waals surface area contributed by atoms with Crippen LogP contribution < -0.4 is 10.6 Å². The molecule has 3 rings (SSSR count). The van der Waals surface area contributed by atoms with Crippen LogP contribution >= 0.6 is 0 Å². The van der Waals surface area contributed by atoms with E-state index in [9.17, 15) is 27.4 Å². The van der Waals surface area contributed by atoms with Crippen LogP contribution in [0.5, 0.6) is 0 Å². The van der Waals surface area contributed by atoms with Crippen molar-refractivity contribution in [2.45, 2.75) is 50.0 Å². The molecule has 178 valence electrons. The summed E-state index contributed by atoms with van der Waals surface area (Å²) in [6.07, 6.45) is 7.14. The van der Waals surface area contributed by atoms with Gasteiger partial charge in [0.1, 0.15) is 10.9 Å². The molecule has 1 aliphatic rings. The second kappa shape index (κ2) is 10.6. The van der Waals surface area contributed by atoms with Crippen molar-refractivity contribution in [3.05, 3.63) is 42.4 Å². The second-order valence-electron chi connectivity index (χ2n) is 7.72. The van der Waals surface area contributed by atoms with Crippen LogP contribution in [0.1, 0.15) is 55.4 Å². The van der Waals surface area contributed by atoms with E-state index in [1.54, 1.807) is 4.57 Å². The highest BCUT2D eigenvalue weighted by molar-refractivity contribution is 7.86. The molecular formula is C21H27N5O6S. The molecule has 2 aromatic rings. The molecule has 1 aromatic heterocycles. The Bertz CT molecular complexity index is 1130. The van der Waals surface area contributed by atoms with Crippen LogP contribution in [0, 0.1) is 0 Å². The molecule has 2 heterocycles. The summed E-state index contributed by atoms with van der Waals surface area (Å²) in [5, 5.41) is 5.10. The molecule has 0 saturated carbocycles. The predicted octanol–water partition coefficient (Wildman–Crippen LogP) is 2.45. The lowest BCUT2D eigenvalue weighted by molar-refractivity contribution is -0.131. The number of carbonyl (C=O) groups excluding carboxylic acids is 3. The first kappa shape index (κ1) is 24.4. The number of imidazole rings is 1. The average Bonchev–Trinajstić information content (AvgIpc) is 3.41. The highest BCUT2D eigenvalue weighted by Crippen LogP contribution is 2.23. The molecule has 33 heavy (non-hydrogen) atoms. The number of carbonyl (C=O) groups is 3. The Labute approximate surface area is 191 Å². The Morgan fingerprint density at radius 1 is 1.24 bits per heavy atom. The molecule has 4 amide bonds. The van der Waals surface area contributed by atoms with Crippen LogP contribution in [0.15, 0.2) is 41.7 Å². The van der Waals surface area contributed by atoms with E-state index in [-0.39, 0.29) is 23.8 Å². The van der Waals surface area contributed by atoms with E-state index in [4.69, 9.17) is 0 Å². The van der Waals surface area contributed by atoms with E-state index < -0.39 is 33.0 Å². The number of imide groups is 1. The Morgan fingerprint density at radius 3 is 2.67 bits per heavy atom. The molecule has 0 radical (unpaired) electrons. The molecule has 0 aliphatic carbocycles. The van der Waals surface area contributed by atoms with Gasteiger partial charge in [0, 0.05) is 19.3 Å². The van der Waals surface area contributed by atoms with Crippen LogP contribution in [-0.2, 0) is 14.9 Å². The molecular weight excluding hydrogens is 450 g/mol. The van der Waals surface area contributed by atoms with Crippen molar-refractivity contribution in [2.75, 3.05) is 18.4 Å². The van der Waals surface area contributed by atoms with E-state index in [2.05, 4.69) is 22.5 Å². The maximum atomic E-state index is 13.1. The highest BCUT2D eigenvalue weighted by atomic mass is 32.2. The maximum Gasteiger partial charge on any atom is 0.324 e. The van der Waals surface area contributed by atoms with Crippen molar-refractivity contribution < 1.29 is 27.4 Å². The van der Waals surface area contributed by atoms with Gasteiger partial charge in [0.25, 0.3) is 21.9 Å². The van der Waals surface area contributed by atoms with E-state index in [0.717, 1.165) is 31.7 Å². The smallest absolute Gasteiger partial charge is 0.324 e. The summed E-state index contributed by atoms with van der Waals surface area (Å²) in [4.78, 5) is 42.4. The number of aromatic nitrogens is 2. The Balaban J connectivity index is 1.79. The van der Waals surface area contributed by atoms with Gasteiger partial charge in [-0.25, -0.2) is 9.78 Å². The first-order valence-electron chi connectivity index (χ1n) is 10.7. The average molecular weight is 478 g/mol. The van der Waals surface area contributed by atoms with Crippen molar-refractivity contribution in [3.8, 4) is 0 Å². The summed E-state index contributed by atoms with van der Waals surface area (Å²) < 4.78 is 34.0. The minimum atomic E-state index is -4.59. The summed E-state index contributed by atoms with van der Waals surface area (Å²) in [6.45, 7) is 2.77. The first-order chi connectivity index (χ1) is 15.7. The zero-order valence-electron chi connectivity index (χ0n) is 18.2. The predicted molar refractivity (Wildman–Crippen MR) is 119 cm³/mol. The molecule has 0 bridgehead atoms. The van der Waals surface area contributed by atoms with Crippen molar-refractivity contribution in [2.24, 2.45) is 0 Å². The van der Waals surface area contributed by atoms with E-state index in [1.165, 1.54) is 35.6 Å². The molecule has 0 spiro atoms. The van der Waals surface area contributed by atoms with Crippen LogP contribution in [-0.4, -0.2) is 58.4 Å². The van der Waals surface area contributed by atoms with Gasteiger partial charge in [-0.15, -0.1) is 0 Å². The lowest BCUT2D eigenvalue weighted by Gasteiger charge is -2.22. The first-order valence-corrected chi connectivity index (χ1v) is 12.2. The zero-order valence-corrected chi connectivity index (χ0v) is 19.0. The van der Waals surface area contributed by atoms with E-state index in [0.29, 0.717) is 13.0 Å². The van der Waals surface area contributed by atoms with Gasteiger partial charge in [-0.3, -0.25) is 19.0 Å². The van der Waals surface area contributed by atoms with Gasteiger partial charge in [0.15, 0.2) is 5.82 Å². The summed E-state index contributed by atoms with van der Waals surface area (Å²) in [5.41, 5.74) is -0.240. The third-order valence-corrected chi connectivity index (χ3v) is 6.26.